The predicted octanol–water partition coefficient (Wildman–Crippen LogP) is 1.68. The summed E-state index contributed by atoms with van der Waals surface area (Å²) in [6.07, 6.45) is 10.1. The van der Waals surface area contributed by atoms with Crippen LogP contribution in [0.25, 0.3) is 22.9 Å². The van der Waals surface area contributed by atoms with Gasteiger partial charge < -0.3 is 5.73 Å². The van der Waals surface area contributed by atoms with Gasteiger partial charge in [-0.2, -0.15) is 8.42 Å². The molecule has 4 nitrogen and oxygen atoms in total. The van der Waals surface area contributed by atoms with E-state index in [-0.39, 0.29) is 12.0 Å². The van der Waals surface area contributed by atoms with E-state index in [0.717, 1.165) is 22.6 Å². The zero-order chi connectivity index (χ0) is 18.5. The highest BCUT2D eigenvalue weighted by Gasteiger charge is 2.34. The lowest BCUT2D eigenvalue weighted by Crippen LogP contribution is -2.39. The molecule has 0 radical (unpaired) electrons. The van der Waals surface area contributed by atoms with Crippen LogP contribution in [-0.4, -0.2) is 24.3 Å². The Kier molecular flexibility index (Phi) is 4.26. The minimum atomic E-state index is -4.13. The van der Waals surface area contributed by atoms with Gasteiger partial charge in [-0.05, 0) is 64.4 Å². The quantitative estimate of drug-likeness (QED) is 0.807. The average molecular weight is 369 g/mol. The summed E-state index contributed by atoms with van der Waals surface area (Å²) < 4.78 is 33.6. The number of fused-ring (bicyclic) bond motifs is 5. The lowest BCUT2D eigenvalue weighted by atomic mass is 9.84. The van der Waals surface area contributed by atoms with Crippen LogP contribution in [0.1, 0.15) is 24.5 Å². The maximum Gasteiger partial charge on any atom is 0.268 e. The van der Waals surface area contributed by atoms with Crippen molar-refractivity contribution < 1.29 is 13.0 Å². The third-order valence-electron chi connectivity index (χ3n) is 5.51. The predicted molar refractivity (Wildman–Crippen MR) is 106 cm³/mol. The third-order valence-corrected chi connectivity index (χ3v) is 6.79. The molecule has 3 N–H and O–H groups in total. The molecule has 2 aliphatic rings. The Bertz CT molecular complexity index is 1130. The molecule has 0 fully saturated rings. The van der Waals surface area contributed by atoms with Gasteiger partial charge in [0, 0.05) is 6.04 Å². The molecule has 2 aromatic carbocycles. The molecule has 0 saturated carbocycles. The minimum absolute atomic E-state index is 0.136. The fourth-order valence-corrected chi connectivity index (χ4v) is 5.34. The van der Waals surface area contributed by atoms with E-state index >= 15 is 0 Å². The van der Waals surface area contributed by atoms with Gasteiger partial charge in [-0.25, -0.2) is 0 Å². The first-order chi connectivity index (χ1) is 12.3. The van der Waals surface area contributed by atoms with Crippen molar-refractivity contribution in [2.45, 2.75) is 37.5 Å². The van der Waals surface area contributed by atoms with E-state index in [1.165, 1.54) is 16.2 Å². The fourth-order valence-electron chi connectivity index (χ4n) is 4.32. The molecular weight excluding hydrogens is 346 g/mol. The van der Waals surface area contributed by atoms with Crippen molar-refractivity contribution >= 4 is 33.0 Å². The van der Waals surface area contributed by atoms with Crippen LogP contribution < -0.4 is 16.2 Å². The fraction of sp³-hybridized carbons (Fsp3) is 0.333. The monoisotopic (exact) mass is 369 g/mol. The second-order valence-electron chi connectivity index (χ2n) is 7.47. The van der Waals surface area contributed by atoms with Crippen LogP contribution >= 0.6 is 0 Å². The van der Waals surface area contributed by atoms with Gasteiger partial charge in [0.2, 0.25) is 0 Å². The van der Waals surface area contributed by atoms with Crippen molar-refractivity contribution in [2.75, 3.05) is 0 Å². The summed E-state index contributed by atoms with van der Waals surface area (Å²) in [5.74, 6) is -0.289. The molecule has 26 heavy (non-hydrogen) atoms. The van der Waals surface area contributed by atoms with E-state index in [1.807, 2.05) is 19.1 Å². The first kappa shape index (κ1) is 17.5. The molecule has 0 heterocycles. The summed E-state index contributed by atoms with van der Waals surface area (Å²) >= 11 is 0. The smallest absolute Gasteiger partial charge is 0.268 e. The van der Waals surface area contributed by atoms with Gasteiger partial charge in [-0.3, -0.25) is 4.55 Å². The van der Waals surface area contributed by atoms with E-state index in [4.69, 9.17) is 5.73 Å². The van der Waals surface area contributed by atoms with Crippen molar-refractivity contribution in [3.05, 3.63) is 58.0 Å². The summed E-state index contributed by atoms with van der Waals surface area (Å²) in [4.78, 5) is 0. The number of hydrogen-bond donors (Lipinski definition) is 2. The van der Waals surface area contributed by atoms with Crippen LogP contribution in [0.2, 0.25) is 0 Å². The molecule has 2 aliphatic carbocycles. The molecule has 5 heteroatoms. The van der Waals surface area contributed by atoms with Gasteiger partial charge in [0.25, 0.3) is 10.1 Å². The van der Waals surface area contributed by atoms with E-state index < -0.39 is 15.4 Å². The summed E-state index contributed by atoms with van der Waals surface area (Å²) in [6, 6.07) is 8.22. The molecule has 3 atom stereocenters. The standard InChI is InChI=1S/C21H23NO3S/c1-13(22)10-16-11-20-15(12-21(16)26(23,24)25)7-9-18-17-5-3-2-4-14(17)6-8-19(18)20/h2-3,5-9,11,13,16,21H,4,10,12,22H2,1H3,(H,23,24,25). The van der Waals surface area contributed by atoms with Gasteiger partial charge in [0.15, 0.2) is 0 Å². The SMILES string of the molecule is CC(N)CC1C=c2c(ccc3c4c(ccc23)CC=CC=4)CC1S(=O)(=O)O. The van der Waals surface area contributed by atoms with Gasteiger partial charge in [-0.1, -0.05) is 48.6 Å². The molecule has 0 aliphatic heterocycles. The molecule has 136 valence electrons. The average Bonchev–Trinajstić information content (AvgIpc) is 2.59. The van der Waals surface area contributed by atoms with Crippen molar-refractivity contribution in [3.63, 3.8) is 0 Å². The number of benzene rings is 2. The largest absolute Gasteiger partial charge is 0.328 e. The molecule has 2 aromatic rings. The zero-order valence-electron chi connectivity index (χ0n) is 14.7. The van der Waals surface area contributed by atoms with Crippen molar-refractivity contribution in [2.24, 2.45) is 11.7 Å². The molecule has 4 rings (SSSR count). The highest BCUT2D eigenvalue weighted by molar-refractivity contribution is 7.86. The Labute approximate surface area is 153 Å². The third kappa shape index (κ3) is 3.00. The molecule has 0 amide bonds. The molecule has 0 aromatic heterocycles. The van der Waals surface area contributed by atoms with Crippen LogP contribution in [0.5, 0.6) is 0 Å². The van der Waals surface area contributed by atoms with Crippen LogP contribution in [0, 0.1) is 5.92 Å². The van der Waals surface area contributed by atoms with Gasteiger partial charge in [-0.15, -0.1) is 0 Å². The highest BCUT2D eigenvalue weighted by Crippen LogP contribution is 2.27. The Hall–Kier alpha value is -1.95. The molecule has 3 unspecified atom stereocenters. The van der Waals surface area contributed by atoms with Gasteiger partial charge in [0.1, 0.15) is 0 Å². The molecule has 0 bridgehead atoms. The lowest BCUT2D eigenvalue weighted by Gasteiger charge is -2.28. The number of hydrogen-bond acceptors (Lipinski definition) is 3. The summed E-state index contributed by atoms with van der Waals surface area (Å²) in [5.41, 5.74) is 8.21. The van der Waals surface area contributed by atoms with Crippen LogP contribution in [-0.2, 0) is 23.0 Å². The van der Waals surface area contributed by atoms with Crippen LogP contribution in [0.15, 0.2) is 36.4 Å². The molecule has 0 spiro atoms. The zero-order valence-corrected chi connectivity index (χ0v) is 15.5. The van der Waals surface area contributed by atoms with Gasteiger partial charge in [0.05, 0.1) is 5.25 Å². The van der Waals surface area contributed by atoms with E-state index in [1.54, 1.807) is 0 Å². The van der Waals surface area contributed by atoms with Crippen LogP contribution in [0.4, 0.5) is 0 Å². The summed E-state index contributed by atoms with van der Waals surface area (Å²) in [5, 5.41) is 3.81. The summed E-state index contributed by atoms with van der Waals surface area (Å²) in [7, 11) is -4.13. The first-order valence-corrected chi connectivity index (χ1v) is 10.5. The Balaban J connectivity index is 1.97. The number of rotatable bonds is 3. The maximum atomic E-state index is 11.9. The lowest BCUT2D eigenvalue weighted by molar-refractivity contribution is 0.428. The van der Waals surface area contributed by atoms with E-state index in [9.17, 15) is 13.0 Å². The van der Waals surface area contributed by atoms with Crippen molar-refractivity contribution in [1.82, 2.24) is 0 Å². The molecular formula is C21H23NO3S. The maximum absolute atomic E-state index is 11.9. The van der Waals surface area contributed by atoms with E-state index in [0.29, 0.717) is 12.8 Å². The van der Waals surface area contributed by atoms with Crippen LogP contribution in [0.3, 0.4) is 0 Å². The van der Waals surface area contributed by atoms with Gasteiger partial charge >= 0.3 is 0 Å². The number of allylic oxidation sites excluding steroid dienone is 2. The minimum Gasteiger partial charge on any atom is -0.328 e. The first-order valence-electron chi connectivity index (χ1n) is 8.98. The Morgan fingerprint density at radius 3 is 2.54 bits per heavy atom. The second kappa shape index (κ2) is 6.34. The second-order valence-corrected chi connectivity index (χ2v) is 9.11. The molecule has 0 saturated heterocycles. The normalized spacial score (nSPS) is 22.9. The Morgan fingerprint density at radius 2 is 1.85 bits per heavy atom. The van der Waals surface area contributed by atoms with Crippen molar-refractivity contribution in [1.29, 1.82) is 0 Å². The highest BCUT2D eigenvalue weighted by atomic mass is 32.2. The number of nitrogens with two attached hydrogens (primary N) is 1. The topological polar surface area (TPSA) is 80.4 Å². The summed E-state index contributed by atoms with van der Waals surface area (Å²) in [6.45, 7) is 1.87. The Morgan fingerprint density at radius 1 is 1.15 bits per heavy atom. The van der Waals surface area contributed by atoms with Crippen molar-refractivity contribution in [3.8, 4) is 0 Å². The van der Waals surface area contributed by atoms with E-state index in [2.05, 4.69) is 36.4 Å².